The fourth-order valence-electron chi connectivity index (χ4n) is 6.56. The van der Waals surface area contributed by atoms with Crippen molar-refractivity contribution in [3.05, 3.63) is 87.8 Å². The largest absolute Gasteiger partial charge is 0.457 e. The minimum atomic E-state index is -1.61. The lowest BCUT2D eigenvalue weighted by Crippen LogP contribution is -2.53. The lowest BCUT2D eigenvalue weighted by atomic mass is 9.69. The van der Waals surface area contributed by atoms with Crippen molar-refractivity contribution in [3.8, 4) is 11.5 Å². The van der Waals surface area contributed by atoms with Crippen LogP contribution < -0.4 is 33.0 Å². The Hall–Kier alpha value is -4.98. The second-order valence-corrected chi connectivity index (χ2v) is 12.9. The van der Waals surface area contributed by atoms with Gasteiger partial charge in [0.1, 0.15) is 23.6 Å². The Kier molecular flexibility index (Phi) is 8.62. The van der Waals surface area contributed by atoms with Crippen LogP contribution in [0, 0.1) is 6.92 Å². The average molecular weight is 657 g/mol. The normalized spacial score (nSPS) is 20.6. The zero-order chi connectivity index (χ0) is 33.5. The number of nitrogen functional groups attached to an aromatic ring is 1. The molecule has 3 amide bonds. The molecule has 1 aromatic heterocycles. The van der Waals surface area contributed by atoms with Gasteiger partial charge in [0.05, 0.1) is 22.0 Å². The van der Waals surface area contributed by atoms with Gasteiger partial charge in [0.15, 0.2) is 5.78 Å². The maximum Gasteiger partial charge on any atom is 0.404 e. The van der Waals surface area contributed by atoms with Gasteiger partial charge in [-0.25, -0.2) is 4.79 Å². The van der Waals surface area contributed by atoms with Gasteiger partial charge >= 0.3 is 6.09 Å². The number of carbonyl (C=O) groups is 4. The summed E-state index contributed by atoms with van der Waals surface area (Å²) in [6.45, 7) is 2.55. The van der Waals surface area contributed by atoms with Crippen molar-refractivity contribution in [2.75, 3.05) is 25.4 Å². The van der Waals surface area contributed by atoms with Crippen molar-refractivity contribution in [1.82, 2.24) is 10.2 Å². The van der Waals surface area contributed by atoms with Crippen molar-refractivity contribution < 1.29 is 28.7 Å². The molecule has 0 bridgehead atoms. The number of ether oxygens (including phenoxy) is 2. The number of nitrogens with one attached hydrogen (secondary N) is 1. The van der Waals surface area contributed by atoms with E-state index in [-0.39, 0.29) is 36.4 Å². The summed E-state index contributed by atoms with van der Waals surface area (Å²) in [5.41, 5.74) is 26.2. The third kappa shape index (κ3) is 5.88. The molecule has 1 aliphatic carbocycles. The number of Topliss-reactive ketones (excluding diaryl/α,β-unsaturated/α-hetero) is 1. The SMILES string of the molecule is Cc1cc(Oc2ccccc2)ccc1[C@]1(N)C(=O)[C@H](N)c2c(C(=O)N[C@@H]3CCCN(C(=O)CCOC(N)=O)C3)sc3c(N)ccc1c23. The molecule has 244 valence electrons. The number of hydrogen-bond acceptors (Lipinski definition) is 10. The van der Waals surface area contributed by atoms with Gasteiger partial charge in [-0.05, 0) is 66.8 Å². The highest BCUT2D eigenvalue weighted by Crippen LogP contribution is 2.50. The molecule has 0 saturated carbocycles. The molecule has 9 N–H and O–H groups in total. The molecule has 0 spiro atoms. The smallest absolute Gasteiger partial charge is 0.404 e. The molecule has 3 atom stereocenters. The van der Waals surface area contributed by atoms with Gasteiger partial charge in [-0.3, -0.25) is 14.4 Å². The number of para-hydroxylation sites is 1. The Bertz CT molecular complexity index is 1890. The first-order valence-electron chi connectivity index (χ1n) is 15.3. The van der Waals surface area contributed by atoms with Crippen molar-refractivity contribution in [2.24, 2.45) is 17.2 Å². The van der Waals surface area contributed by atoms with E-state index in [4.69, 9.17) is 27.7 Å². The topological polar surface area (TPSA) is 206 Å². The summed E-state index contributed by atoms with van der Waals surface area (Å²) in [5.74, 6) is 0.203. The zero-order valence-corrected chi connectivity index (χ0v) is 26.6. The molecule has 0 unspecified atom stereocenters. The fraction of sp³-hybridized carbons (Fsp3) is 0.294. The van der Waals surface area contributed by atoms with Gasteiger partial charge in [-0.1, -0.05) is 30.3 Å². The third-order valence-electron chi connectivity index (χ3n) is 8.79. The maximum absolute atomic E-state index is 14.2. The Labute approximate surface area is 275 Å². The molecule has 1 aliphatic heterocycles. The number of anilines is 1. The number of primary amides is 1. The molecule has 13 heteroatoms. The van der Waals surface area contributed by atoms with Crippen LogP contribution in [0.5, 0.6) is 11.5 Å². The van der Waals surface area contributed by atoms with Crippen molar-refractivity contribution in [1.29, 1.82) is 0 Å². The number of ketones is 1. The number of amides is 3. The second kappa shape index (κ2) is 12.7. The number of piperidine rings is 1. The predicted molar refractivity (Wildman–Crippen MR) is 178 cm³/mol. The predicted octanol–water partition coefficient (Wildman–Crippen LogP) is 3.58. The quantitative estimate of drug-likeness (QED) is 0.176. The summed E-state index contributed by atoms with van der Waals surface area (Å²) in [6.07, 6.45) is 0.377. The van der Waals surface area contributed by atoms with E-state index in [2.05, 4.69) is 10.1 Å². The highest BCUT2D eigenvalue weighted by Gasteiger charge is 2.49. The minimum absolute atomic E-state index is 0.00776. The number of carbonyl (C=O) groups excluding carboxylic acids is 4. The number of aryl methyl sites for hydroxylation is 1. The molecule has 3 aromatic carbocycles. The van der Waals surface area contributed by atoms with E-state index in [1.54, 1.807) is 29.2 Å². The molecular formula is C34H36N6O6S. The number of likely N-dealkylation sites (tertiary alicyclic amines) is 1. The molecule has 1 saturated heterocycles. The molecular weight excluding hydrogens is 620 g/mol. The third-order valence-corrected chi connectivity index (χ3v) is 10.0. The number of nitrogens with two attached hydrogens (primary N) is 4. The van der Waals surface area contributed by atoms with E-state index < -0.39 is 29.4 Å². The first-order valence-corrected chi connectivity index (χ1v) is 16.1. The van der Waals surface area contributed by atoms with Gasteiger partial charge in [-0.15, -0.1) is 11.3 Å². The van der Waals surface area contributed by atoms with Crippen LogP contribution in [-0.4, -0.2) is 54.3 Å². The number of nitrogens with zero attached hydrogens (tertiary/aromatic N) is 1. The van der Waals surface area contributed by atoms with Crippen molar-refractivity contribution in [2.45, 2.75) is 43.8 Å². The molecule has 0 radical (unpaired) electrons. The van der Waals surface area contributed by atoms with Crippen LogP contribution in [0.1, 0.15) is 57.2 Å². The average Bonchev–Trinajstić information content (AvgIpc) is 3.46. The number of rotatable bonds is 8. The van der Waals surface area contributed by atoms with Gasteiger partial charge in [0.2, 0.25) is 5.91 Å². The first kappa shape index (κ1) is 32.0. The molecule has 2 aliphatic rings. The number of hydrogen-bond donors (Lipinski definition) is 5. The van der Waals surface area contributed by atoms with Crippen LogP contribution in [0.25, 0.3) is 10.1 Å². The summed E-state index contributed by atoms with van der Waals surface area (Å²) in [4.78, 5) is 53.5. The summed E-state index contributed by atoms with van der Waals surface area (Å²) in [5, 5.41) is 3.64. The summed E-state index contributed by atoms with van der Waals surface area (Å²) in [7, 11) is 0. The minimum Gasteiger partial charge on any atom is -0.457 e. The van der Waals surface area contributed by atoms with Crippen molar-refractivity contribution >= 4 is 50.8 Å². The second-order valence-electron chi connectivity index (χ2n) is 11.9. The van der Waals surface area contributed by atoms with Gasteiger partial charge in [0, 0.05) is 35.8 Å². The lowest BCUT2D eigenvalue weighted by Gasteiger charge is -2.37. The summed E-state index contributed by atoms with van der Waals surface area (Å²) >= 11 is 1.17. The van der Waals surface area contributed by atoms with Gasteiger partial charge in [-0.2, -0.15) is 0 Å². The van der Waals surface area contributed by atoms with Crippen LogP contribution in [0.4, 0.5) is 10.5 Å². The monoisotopic (exact) mass is 656 g/mol. The van der Waals surface area contributed by atoms with Crippen LogP contribution in [0.3, 0.4) is 0 Å². The molecule has 47 heavy (non-hydrogen) atoms. The van der Waals surface area contributed by atoms with Crippen LogP contribution in [0.15, 0.2) is 60.7 Å². The van der Waals surface area contributed by atoms with Crippen LogP contribution in [-0.2, 0) is 19.9 Å². The Morgan fingerprint density at radius 3 is 2.53 bits per heavy atom. The van der Waals surface area contributed by atoms with E-state index in [0.717, 1.165) is 5.56 Å². The fourth-order valence-corrected chi connectivity index (χ4v) is 7.77. The summed E-state index contributed by atoms with van der Waals surface area (Å²) in [6, 6.07) is 16.6. The van der Waals surface area contributed by atoms with E-state index >= 15 is 0 Å². The highest BCUT2D eigenvalue weighted by atomic mass is 32.1. The number of thiophene rings is 1. The van der Waals surface area contributed by atoms with E-state index in [0.29, 0.717) is 63.3 Å². The van der Waals surface area contributed by atoms with E-state index in [1.807, 2.05) is 43.3 Å². The van der Waals surface area contributed by atoms with Gasteiger partial charge in [0.25, 0.3) is 5.91 Å². The van der Waals surface area contributed by atoms with Crippen molar-refractivity contribution in [3.63, 3.8) is 0 Å². The van der Waals surface area contributed by atoms with Gasteiger partial charge < -0.3 is 42.6 Å². The molecule has 4 aromatic rings. The van der Waals surface area contributed by atoms with E-state index in [9.17, 15) is 19.2 Å². The number of benzene rings is 3. The molecule has 6 rings (SSSR count). The molecule has 2 heterocycles. The Balaban J connectivity index is 1.30. The van der Waals surface area contributed by atoms with E-state index in [1.165, 1.54) is 11.3 Å². The molecule has 12 nitrogen and oxygen atoms in total. The lowest BCUT2D eigenvalue weighted by molar-refractivity contribution is -0.133. The standard InChI is InChI=1S/C34H36N6O6S/c1-18-16-21(46-20-7-3-2-4-8-20)9-10-22(18)34(38)23-11-12-24(35)29-26(23)27(28(36)31(34)42)30(47-29)32(43)39-19-6-5-14-40(17-19)25(41)13-15-45-33(37)44/h2-4,7-12,16,19,28H,5-6,13-15,17,35-36,38H2,1H3,(H2,37,44)(H,39,43)/t19-,28-,34-/m1/s1. The van der Waals surface area contributed by atoms with Crippen LogP contribution >= 0.6 is 11.3 Å². The Morgan fingerprint density at radius 2 is 1.81 bits per heavy atom. The first-order chi connectivity index (χ1) is 22.5. The highest BCUT2D eigenvalue weighted by molar-refractivity contribution is 7.21. The maximum atomic E-state index is 14.2. The summed E-state index contributed by atoms with van der Waals surface area (Å²) < 4.78 is 11.3. The zero-order valence-electron chi connectivity index (χ0n) is 25.8. The van der Waals surface area contributed by atoms with Crippen LogP contribution in [0.2, 0.25) is 0 Å². The molecule has 1 fully saturated rings. The Morgan fingerprint density at radius 1 is 1.06 bits per heavy atom.